The molecule has 1 heterocycles. The summed E-state index contributed by atoms with van der Waals surface area (Å²) < 4.78 is 0. The zero-order valence-electron chi connectivity index (χ0n) is 10.8. The molecule has 0 aromatic heterocycles. The SMILES string of the molecule is NC(=O)C1CCN(C(=O)CCc2ccc(N)cc2)C1. The molecule has 1 aromatic carbocycles. The molecule has 1 atom stereocenters. The van der Waals surface area contributed by atoms with Crippen molar-refractivity contribution in [1.29, 1.82) is 0 Å². The molecule has 1 aliphatic rings. The predicted octanol–water partition coefficient (Wildman–Crippen LogP) is 0.535. The Morgan fingerprint density at radius 2 is 1.95 bits per heavy atom. The minimum Gasteiger partial charge on any atom is -0.399 e. The van der Waals surface area contributed by atoms with Crippen molar-refractivity contribution in [2.24, 2.45) is 11.7 Å². The second-order valence-electron chi connectivity index (χ2n) is 4.97. The monoisotopic (exact) mass is 261 g/mol. The fraction of sp³-hybridized carbons (Fsp3) is 0.429. The summed E-state index contributed by atoms with van der Waals surface area (Å²) in [5, 5.41) is 0. The summed E-state index contributed by atoms with van der Waals surface area (Å²) in [6, 6.07) is 7.52. The van der Waals surface area contributed by atoms with E-state index in [1.54, 1.807) is 4.90 Å². The molecule has 2 amide bonds. The van der Waals surface area contributed by atoms with Gasteiger partial charge in [0.2, 0.25) is 11.8 Å². The summed E-state index contributed by atoms with van der Waals surface area (Å²) in [5.41, 5.74) is 12.7. The molecule has 1 unspecified atom stereocenters. The van der Waals surface area contributed by atoms with Crippen molar-refractivity contribution in [3.63, 3.8) is 0 Å². The molecule has 0 bridgehead atoms. The Bertz CT molecular complexity index is 470. The van der Waals surface area contributed by atoms with Gasteiger partial charge in [-0.05, 0) is 30.5 Å². The molecule has 1 aliphatic heterocycles. The van der Waals surface area contributed by atoms with E-state index in [1.807, 2.05) is 24.3 Å². The van der Waals surface area contributed by atoms with Crippen molar-refractivity contribution in [2.45, 2.75) is 19.3 Å². The van der Waals surface area contributed by atoms with Crippen molar-refractivity contribution in [2.75, 3.05) is 18.8 Å². The molecule has 0 spiro atoms. The highest BCUT2D eigenvalue weighted by atomic mass is 16.2. The van der Waals surface area contributed by atoms with E-state index in [1.165, 1.54) is 0 Å². The van der Waals surface area contributed by atoms with Crippen LogP contribution >= 0.6 is 0 Å². The normalized spacial score (nSPS) is 18.5. The number of hydrogen-bond donors (Lipinski definition) is 2. The van der Waals surface area contributed by atoms with E-state index in [9.17, 15) is 9.59 Å². The molecular weight excluding hydrogens is 242 g/mol. The summed E-state index contributed by atoms with van der Waals surface area (Å²) in [6.45, 7) is 1.10. The van der Waals surface area contributed by atoms with E-state index >= 15 is 0 Å². The van der Waals surface area contributed by atoms with Gasteiger partial charge in [-0.3, -0.25) is 9.59 Å². The van der Waals surface area contributed by atoms with Crippen LogP contribution < -0.4 is 11.5 Å². The van der Waals surface area contributed by atoms with E-state index < -0.39 is 0 Å². The third-order valence-corrected chi connectivity index (χ3v) is 3.55. The van der Waals surface area contributed by atoms with E-state index in [4.69, 9.17) is 11.5 Å². The Hall–Kier alpha value is -2.04. The van der Waals surface area contributed by atoms with Crippen LogP contribution in [0.5, 0.6) is 0 Å². The summed E-state index contributed by atoms with van der Waals surface area (Å²) in [7, 11) is 0. The van der Waals surface area contributed by atoms with Crippen LogP contribution in [0.2, 0.25) is 0 Å². The standard InChI is InChI=1S/C14H19N3O2/c15-12-4-1-10(2-5-12)3-6-13(18)17-8-7-11(9-17)14(16)19/h1-2,4-5,11H,3,6-9,15H2,(H2,16,19). The Labute approximate surface area is 112 Å². The van der Waals surface area contributed by atoms with Gasteiger partial charge in [-0.1, -0.05) is 12.1 Å². The number of primary amides is 1. The highest BCUT2D eigenvalue weighted by molar-refractivity contribution is 5.81. The molecule has 5 heteroatoms. The molecule has 1 saturated heterocycles. The number of carbonyl (C=O) groups is 2. The molecule has 5 nitrogen and oxygen atoms in total. The average molecular weight is 261 g/mol. The van der Waals surface area contributed by atoms with Gasteiger partial charge in [0.15, 0.2) is 0 Å². The number of amides is 2. The zero-order valence-corrected chi connectivity index (χ0v) is 10.8. The number of anilines is 1. The molecule has 0 aliphatic carbocycles. The summed E-state index contributed by atoms with van der Waals surface area (Å²) >= 11 is 0. The number of aryl methyl sites for hydroxylation is 1. The van der Waals surface area contributed by atoms with Gasteiger partial charge in [0.25, 0.3) is 0 Å². The second-order valence-corrected chi connectivity index (χ2v) is 4.97. The topological polar surface area (TPSA) is 89.4 Å². The average Bonchev–Trinajstić information content (AvgIpc) is 2.87. The van der Waals surface area contributed by atoms with E-state index in [2.05, 4.69) is 0 Å². The molecule has 1 fully saturated rings. The molecule has 4 N–H and O–H groups in total. The van der Waals surface area contributed by atoms with Gasteiger partial charge in [-0.15, -0.1) is 0 Å². The smallest absolute Gasteiger partial charge is 0.222 e. The van der Waals surface area contributed by atoms with Crippen LogP contribution in [0.25, 0.3) is 0 Å². The maximum atomic E-state index is 12.0. The first-order chi connectivity index (χ1) is 9.06. The van der Waals surface area contributed by atoms with Crippen LogP contribution in [-0.4, -0.2) is 29.8 Å². The quantitative estimate of drug-likeness (QED) is 0.775. The summed E-state index contributed by atoms with van der Waals surface area (Å²) in [5.74, 6) is -0.408. The molecule has 102 valence electrons. The van der Waals surface area contributed by atoms with E-state index in [-0.39, 0.29) is 17.7 Å². The highest BCUT2D eigenvalue weighted by Crippen LogP contribution is 2.17. The van der Waals surface area contributed by atoms with E-state index in [0.717, 1.165) is 11.3 Å². The van der Waals surface area contributed by atoms with Crippen LogP contribution in [0.1, 0.15) is 18.4 Å². The van der Waals surface area contributed by atoms with Gasteiger partial charge in [0.1, 0.15) is 0 Å². The van der Waals surface area contributed by atoms with Crippen molar-refractivity contribution < 1.29 is 9.59 Å². The highest BCUT2D eigenvalue weighted by Gasteiger charge is 2.29. The first kappa shape index (κ1) is 13.4. The minimum absolute atomic E-state index is 0.0839. The molecule has 0 radical (unpaired) electrons. The lowest BCUT2D eigenvalue weighted by molar-refractivity contribution is -0.130. The van der Waals surface area contributed by atoms with Gasteiger partial charge < -0.3 is 16.4 Å². The number of rotatable bonds is 4. The number of hydrogen-bond acceptors (Lipinski definition) is 3. The van der Waals surface area contributed by atoms with Crippen LogP contribution in [0.15, 0.2) is 24.3 Å². The Kier molecular flexibility index (Phi) is 4.04. The van der Waals surface area contributed by atoms with Crippen LogP contribution in [0.4, 0.5) is 5.69 Å². The lowest BCUT2D eigenvalue weighted by atomic mass is 10.1. The Balaban J connectivity index is 1.82. The fourth-order valence-electron chi connectivity index (χ4n) is 2.31. The summed E-state index contributed by atoms with van der Waals surface area (Å²) in [6.07, 6.45) is 1.83. The second kappa shape index (κ2) is 5.73. The van der Waals surface area contributed by atoms with Gasteiger partial charge in [-0.2, -0.15) is 0 Å². The maximum Gasteiger partial charge on any atom is 0.222 e. The van der Waals surface area contributed by atoms with Gasteiger partial charge in [-0.25, -0.2) is 0 Å². The van der Waals surface area contributed by atoms with Crippen molar-refractivity contribution in [1.82, 2.24) is 4.90 Å². The third kappa shape index (κ3) is 3.47. The fourth-order valence-corrected chi connectivity index (χ4v) is 2.31. The number of carbonyl (C=O) groups excluding carboxylic acids is 2. The van der Waals surface area contributed by atoms with Crippen molar-refractivity contribution >= 4 is 17.5 Å². The van der Waals surface area contributed by atoms with Crippen LogP contribution in [0.3, 0.4) is 0 Å². The first-order valence-electron chi connectivity index (χ1n) is 6.48. The number of nitrogen functional groups attached to an aromatic ring is 1. The number of benzene rings is 1. The van der Waals surface area contributed by atoms with Crippen LogP contribution in [-0.2, 0) is 16.0 Å². The molecular formula is C14H19N3O2. The Morgan fingerprint density at radius 1 is 1.26 bits per heavy atom. The largest absolute Gasteiger partial charge is 0.399 e. The zero-order chi connectivity index (χ0) is 13.8. The minimum atomic E-state index is -0.311. The maximum absolute atomic E-state index is 12.0. The van der Waals surface area contributed by atoms with Gasteiger partial charge in [0, 0.05) is 25.2 Å². The van der Waals surface area contributed by atoms with Crippen molar-refractivity contribution in [3.8, 4) is 0 Å². The number of nitrogens with zero attached hydrogens (tertiary/aromatic N) is 1. The third-order valence-electron chi connectivity index (χ3n) is 3.55. The number of nitrogens with two attached hydrogens (primary N) is 2. The first-order valence-corrected chi connectivity index (χ1v) is 6.48. The molecule has 1 aromatic rings. The lowest BCUT2D eigenvalue weighted by Crippen LogP contribution is -2.31. The lowest BCUT2D eigenvalue weighted by Gasteiger charge is -2.15. The molecule has 19 heavy (non-hydrogen) atoms. The molecule has 2 rings (SSSR count). The Morgan fingerprint density at radius 3 is 2.53 bits per heavy atom. The van der Waals surface area contributed by atoms with Crippen LogP contribution in [0, 0.1) is 5.92 Å². The van der Waals surface area contributed by atoms with Crippen molar-refractivity contribution in [3.05, 3.63) is 29.8 Å². The van der Waals surface area contributed by atoms with Gasteiger partial charge >= 0.3 is 0 Å². The van der Waals surface area contributed by atoms with Gasteiger partial charge in [0.05, 0.1) is 5.92 Å². The molecule has 0 saturated carbocycles. The number of likely N-dealkylation sites (tertiary alicyclic amines) is 1. The summed E-state index contributed by atoms with van der Waals surface area (Å²) in [4.78, 5) is 24.8. The van der Waals surface area contributed by atoms with E-state index in [0.29, 0.717) is 32.4 Å². The predicted molar refractivity (Wildman–Crippen MR) is 73.1 cm³/mol.